The quantitative estimate of drug-likeness (QED) is 0.234. The van der Waals surface area contributed by atoms with Gasteiger partial charge >= 0.3 is 5.97 Å². The van der Waals surface area contributed by atoms with E-state index in [1.807, 2.05) is 0 Å². The molecule has 2 aliphatic rings. The Balaban J connectivity index is 1.74. The Bertz CT molecular complexity index is 1610. The van der Waals surface area contributed by atoms with Crippen LogP contribution in [0.4, 0.5) is 15.8 Å². The highest BCUT2D eigenvalue weighted by Crippen LogP contribution is 2.65. The van der Waals surface area contributed by atoms with Crippen molar-refractivity contribution in [1.82, 2.24) is 0 Å². The summed E-state index contributed by atoms with van der Waals surface area (Å²) in [7, 11) is 0. The molecular weight excluding hydrogens is 563 g/mol. The molecule has 0 aromatic heterocycles. The molecule has 2 amide bonds. The van der Waals surface area contributed by atoms with Crippen molar-refractivity contribution in [2.75, 3.05) is 16.6 Å². The zero-order valence-electron chi connectivity index (χ0n) is 24.2. The van der Waals surface area contributed by atoms with Crippen LogP contribution in [0.25, 0.3) is 0 Å². The lowest BCUT2D eigenvalue weighted by atomic mass is 9.56. The smallest absolute Gasteiger partial charge is 0.350 e. The van der Waals surface area contributed by atoms with Crippen LogP contribution < -0.4 is 10.0 Å². The standard InChI is InChI=1S/C35H31FN2O6/c1-3-43-32(41)35(36)28(24-16-8-4-9-17-24)34(29(44-33(35,2)42)25-18-10-5-11-19-25)30(39)37(26-20-12-6-13-21-26)38(31(34)40)27-22-14-7-15-23-27/h4-23,28-29,42H,3H2,1-2H3. The number of hydrogen-bond donors (Lipinski definition) is 1. The number of carbonyl (C=O) groups excluding carboxylic acids is 3. The first kappa shape index (κ1) is 29.2. The van der Waals surface area contributed by atoms with Crippen molar-refractivity contribution >= 4 is 29.2 Å². The fourth-order valence-electron chi connectivity index (χ4n) is 6.48. The van der Waals surface area contributed by atoms with Crippen molar-refractivity contribution < 1.29 is 33.4 Å². The highest BCUT2D eigenvalue weighted by atomic mass is 19.1. The Hall–Kier alpha value is -4.86. The van der Waals surface area contributed by atoms with E-state index in [2.05, 4.69) is 0 Å². The number of carbonyl (C=O) groups is 3. The minimum Gasteiger partial charge on any atom is -0.463 e. The van der Waals surface area contributed by atoms with Gasteiger partial charge in [-0.05, 0) is 49.2 Å². The van der Waals surface area contributed by atoms with Crippen molar-refractivity contribution in [2.24, 2.45) is 5.41 Å². The predicted octanol–water partition coefficient (Wildman–Crippen LogP) is 5.50. The van der Waals surface area contributed by atoms with Gasteiger partial charge in [-0.2, -0.15) is 0 Å². The van der Waals surface area contributed by atoms with Crippen LogP contribution in [-0.2, 0) is 23.9 Å². The molecule has 0 radical (unpaired) electrons. The third-order valence-electron chi connectivity index (χ3n) is 8.39. The predicted molar refractivity (Wildman–Crippen MR) is 161 cm³/mol. The monoisotopic (exact) mass is 594 g/mol. The van der Waals surface area contributed by atoms with Gasteiger partial charge in [-0.3, -0.25) is 9.59 Å². The lowest BCUT2D eigenvalue weighted by Crippen LogP contribution is -2.71. The van der Waals surface area contributed by atoms with Crippen molar-refractivity contribution in [3.05, 3.63) is 132 Å². The number of alkyl halides is 1. The van der Waals surface area contributed by atoms with Crippen molar-refractivity contribution in [2.45, 2.75) is 37.3 Å². The molecule has 44 heavy (non-hydrogen) atoms. The maximum atomic E-state index is 18.1. The molecule has 0 saturated carbocycles. The third kappa shape index (κ3) is 4.15. The van der Waals surface area contributed by atoms with Gasteiger partial charge in [0.25, 0.3) is 17.5 Å². The summed E-state index contributed by atoms with van der Waals surface area (Å²) in [6.45, 7) is 2.31. The maximum Gasteiger partial charge on any atom is 0.350 e. The number of para-hydroxylation sites is 2. The molecule has 9 heteroatoms. The number of hydrogen-bond acceptors (Lipinski definition) is 6. The van der Waals surface area contributed by atoms with E-state index in [-0.39, 0.29) is 12.2 Å². The van der Waals surface area contributed by atoms with Gasteiger partial charge in [0.2, 0.25) is 5.79 Å². The molecule has 0 aliphatic carbocycles. The van der Waals surface area contributed by atoms with Gasteiger partial charge in [0.15, 0.2) is 5.41 Å². The average Bonchev–Trinajstić information content (AvgIpc) is 3.27. The van der Waals surface area contributed by atoms with Gasteiger partial charge in [0, 0.05) is 0 Å². The number of nitrogens with zero attached hydrogens (tertiary/aromatic N) is 2. The lowest BCUT2D eigenvalue weighted by Gasteiger charge is -2.55. The minimum absolute atomic E-state index is 0.136. The summed E-state index contributed by atoms with van der Waals surface area (Å²) in [4.78, 5) is 44.3. The zero-order valence-corrected chi connectivity index (χ0v) is 24.2. The van der Waals surface area contributed by atoms with Gasteiger partial charge in [-0.15, -0.1) is 0 Å². The first-order chi connectivity index (χ1) is 21.2. The Kier molecular flexibility index (Phi) is 7.31. The molecule has 2 saturated heterocycles. The summed E-state index contributed by atoms with van der Waals surface area (Å²) in [5.41, 5.74) is -4.69. The number of halogens is 1. The molecule has 4 aromatic carbocycles. The van der Waals surface area contributed by atoms with Crippen molar-refractivity contribution in [3.8, 4) is 0 Å². The molecule has 224 valence electrons. The number of aliphatic hydroxyl groups is 1. The van der Waals surface area contributed by atoms with Gasteiger partial charge < -0.3 is 14.6 Å². The van der Waals surface area contributed by atoms with Crippen molar-refractivity contribution in [3.63, 3.8) is 0 Å². The van der Waals surface area contributed by atoms with Crippen LogP contribution in [0.3, 0.4) is 0 Å². The molecule has 2 aliphatic heterocycles. The van der Waals surface area contributed by atoms with E-state index in [1.165, 1.54) is 29.1 Å². The molecule has 6 rings (SSSR count). The van der Waals surface area contributed by atoms with E-state index in [0.29, 0.717) is 16.9 Å². The van der Waals surface area contributed by atoms with E-state index in [9.17, 15) is 9.90 Å². The minimum atomic E-state index is -3.41. The van der Waals surface area contributed by atoms with E-state index in [4.69, 9.17) is 9.47 Å². The summed E-state index contributed by atoms with van der Waals surface area (Å²) in [5.74, 6) is -7.83. The van der Waals surface area contributed by atoms with Crippen LogP contribution in [0, 0.1) is 5.41 Å². The Morgan fingerprint density at radius 2 is 1.18 bits per heavy atom. The Morgan fingerprint density at radius 1 is 0.773 bits per heavy atom. The molecule has 4 unspecified atom stereocenters. The summed E-state index contributed by atoms with van der Waals surface area (Å²) in [5, 5.41) is 14.2. The fraction of sp³-hybridized carbons (Fsp3) is 0.229. The number of esters is 1. The topological polar surface area (TPSA) is 96.4 Å². The number of benzene rings is 4. The molecule has 8 nitrogen and oxygen atoms in total. The third-order valence-corrected chi connectivity index (χ3v) is 8.39. The highest BCUT2D eigenvalue weighted by molar-refractivity contribution is 6.27. The number of hydrazine groups is 1. The van der Waals surface area contributed by atoms with E-state index < -0.39 is 46.7 Å². The second kappa shape index (κ2) is 11.0. The van der Waals surface area contributed by atoms with E-state index in [0.717, 1.165) is 6.92 Å². The molecule has 2 fully saturated rings. The van der Waals surface area contributed by atoms with Crippen LogP contribution in [0.2, 0.25) is 0 Å². The van der Waals surface area contributed by atoms with Gasteiger partial charge in [0.05, 0.1) is 23.9 Å². The second-order valence-electron chi connectivity index (χ2n) is 10.9. The first-order valence-corrected chi connectivity index (χ1v) is 14.3. The van der Waals surface area contributed by atoms with Crippen LogP contribution in [0.15, 0.2) is 121 Å². The molecule has 1 N–H and O–H groups in total. The molecular formula is C35H31FN2O6. The highest BCUT2D eigenvalue weighted by Gasteiger charge is 2.81. The SMILES string of the molecule is CCOC(=O)C1(F)C(c2ccccc2)C2(C(=O)N(c3ccccc3)N(c3ccccc3)C2=O)C(c2ccccc2)OC1(C)O. The van der Waals surface area contributed by atoms with Crippen LogP contribution in [-0.4, -0.2) is 41.0 Å². The van der Waals surface area contributed by atoms with Crippen molar-refractivity contribution in [1.29, 1.82) is 0 Å². The summed E-state index contributed by atoms with van der Waals surface area (Å²) >= 11 is 0. The number of amides is 2. The zero-order chi connectivity index (χ0) is 31.1. The van der Waals surface area contributed by atoms with Crippen LogP contribution in [0.1, 0.15) is 37.0 Å². The van der Waals surface area contributed by atoms with Crippen LogP contribution >= 0.6 is 0 Å². The first-order valence-electron chi connectivity index (χ1n) is 14.3. The normalized spacial score (nSPS) is 26.2. The lowest BCUT2D eigenvalue weighted by molar-refractivity contribution is -0.335. The number of rotatable bonds is 6. The molecule has 4 aromatic rings. The van der Waals surface area contributed by atoms with Crippen LogP contribution in [0.5, 0.6) is 0 Å². The molecule has 2 heterocycles. The fourth-order valence-corrected chi connectivity index (χ4v) is 6.48. The number of anilines is 2. The molecule has 1 spiro atoms. The largest absolute Gasteiger partial charge is 0.463 e. The summed E-state index contributed by atoms with van der Waals surface area (Å²) in [6, 6.07) is 33.4. The molecule has 4 atom stereocenters. The Labute approximate surface area is 254 Å². The van der Waals surface area contributed by atoms with Gasteiger partial charge in [0.1, 0.15) is 6.10 Å². The number of ether oxygens (including phenoxy) is 2. The summed E-state index contributed by atoms with van der Waals surface area (Å²) in [6.07, 6.45) is -1.53. The second-order valence-corrected chi connectivity index (χ2v) is 10.9. The van der Waals surface area contributed by atoms with Gasteiger partial charge in [-0.1, -0.05) is 97.1 Å². The summed E-state index contributed by atoms with van der Waals surface area (Å²) < 4.78 is 29.4. The molecule has 0 bridgehead atoms. The average molecular weight is 595 g/mol. The van der Waals surface area contributed by atoms with Gasteiger partial charge in [-0.25, -0.2) is 19.2 Å². The van der Waals surface area contributed by atoms with E-state index in [1.54, 1.807) is 109 Å². The Morgan fingerprint density at radius 3 is 1.61 bits per heavy atom. The van der Waals surface area contributed by atoms with E-state index >= 15 is 14.0 Å². The maximum absolute atomic E-state index is 18.1.